The third-order valence-corrected chi connectivity index (χ3v) is 3.07. The minimum atomic E-state index is -0.156. The molecule has 1 aromatic heterocycles. The second-order valence-electron chi connectivity index (χ2n) is 3.96. The number of rotatable bonds is 0. The Labute approximate surface area is 82.7 Å². The molecule has 0 bridgehead atoms. The van der Waals surface area contributed by atoms with Crippen LogP contribution in [0.3, 0.4) is 0 Å². The molecule has 1 atom stereocenters. The van der Waals surface area contributed by atoms with Gasteiger partial charge in [0.15, 0.2) is 0 Å². The molecule has 4 nitrogen and oxygen atoms in total. The Morgan fingerprint density at radius 2 is 2.50 bits per heavy atom. The van der Waals surface area contributed by atoms with Crippen LogP contribution in [0.4, 0.5) is 0 Å². The number of hydrogen-bond donors (Lipinski definition) is 1. The van der Waals surface area contributed by atoms with E-state index in [9.17, 15) is 0 Å². The number of fused-ring (bicyclic) bond motifs is 2. The van der Waals surface area contributed by atoms with Crippen LogP contribution in [-0.4, -0.2) is 23.1 Å². The van der Waals surface area contributed by atoms with E-state index in [0.29, 0.717) is 6.61 Å². The van der Waals surface area contributed by atoms with Gasteiger partial charge in [0.2, 0.25) is 0 Å². The SMILES string of the molecule is c1ncc2c(n1)C1(CCCNC1)OC2. The Morgan fingerprint density at radius 3 is 3.36 bits per heavy atom. The average molecular weight is 191 g/mol. The fourth-order valence-corrected chi connectivity index (χ4v) is 2.36. The molecular weight excluding hydrogens is 178 g/mol. The molecule has 3 rings (SSSR count). The summed E-state index contributed by atoms with van der Waals surface area (Å²) in [6.07, 6.45) is 5.71. The first-order valence-corrected chi connectivity index (χ1v) is 5.05. The van der Waals surface area contributed by atoms with E-state index in [1.165, 1.54) is 0 Å². The van der Waals surface area contributed by atoms with Crippen LogP contribution in [0.2, 0.25) is 0 Å². The fourth-order valence-electron chi connectivity index (χ4n) is 2.36. The normalized spacial score (nSPS) is 30.6. The van der Waals surface area contributed by atoms with Gasteiger partial charge in [0.05, 0.1) is 12.3 Å². The van der Waals surface area contributed by atoms with E-state index >= 15 is 0 Å². The molecule has 1 N–H and O–H groups in total. The molecule has 14 heavy (non-hydrogen) atoms. The molecule has 0 aliphatic carbocycles. The van der Waals surface area contributed by atoms with Crippen LogP contribution in [0, 0.1) is 0 Å². The number of piperidine rings is 1. The molecule has 1 unspecified atom stereocenters. The van der Waals surface area contributed by atoms with E-state index in [0.717, 1.165) is 37.2 Å². The summed E-state index contributed by atoms with van der Waals surface area (Å²) < 4.78 is 5.89. The molecule has 0 aromatic carbocycles. The van der Waals surface area contributed by atoms with Gasteiger partial charge in [-0.3, -0.25) is 0 Å². The van der Waals surface area contributed by atoms with Crippen molar-refractivity contribution in [3.8, 4) is 0 Å². The summed E-state index contributed by atoms with van der Waals surface area (Å²) in [5, 5.41) is 3.37. The van der Waals surface area contributed by atoms with Crippen molar-refractivity contribution in [2.45, 2.75) is 25.0 Å². The van der Waals surface area contributed by atoms with Gasteiger partial charge >= 0.3 is 0 Å². The van der Waals surface area contributed by atoms with Crippen LogP contribution in [0.15, 0.2) is 12.5 Å². The largest absolute Gasteiger partial charge is 0.363 e. The molecule has 1 fully saturated rings. The molecule has 1 aromatic rings. The van der Waals surface area contributed by atoms with Gasteiger partial charge in [-0.15, -0.1) is 0 Å². The average Bonchev–Trinajstić information content (AvgIpc) is 2.60. The van der Waals surface area contributed by atoms with Crippen molar-refractivity contribution >= 4 is 0 Å². The number of nitrogens with one attached hydrogen (secondary N) is 1. The second-order valence-corrected chi connectivity index (χ2v) is 3.96. The molecule has 3 heterocycles. The quantitative estimate of drug-likeness (QED) is 0.652. The van der Waals surface area contributed by atoms with E-state index in [1.54, 1.807) is 6.33 Å². The lowest BCUT2D eigenvalue weighted by atomic mass is 9.90. The predicted octanol–water partition coefficient (Wildman–Crippen LogP) is 0.585. The maximum absolute atomic E-state index is 5.89. The van der Waals surface area contributed by atoms with Crippen LogP contribution in [0.25, 0.3) is 0 Å². The molecule has 2 aliphatic heterocycles. The Bertz CT molecular complexity index is 341. The first kappa shape index (κ1) is 8.32. The van der Waals surface area contributed by atoms with E-state index in [4.69, 9.17) is 4.74 Å². The zero-order valence-corrected chi connectivity index (χ0v) is 7.99. The third kappa shape index (κ3) is 1.07. The zero-order chi connectivity index (χ0) is 9.43. The van der Waals surface area contributed by atoms with Gasteiger partial charge in [-0.25, -0.2) is 9.97 Å². The summed E-state index contributed by atoms with van der Waals surface area (Å²) in [6.45, 7) is 2.64. The number of nitrogens with zero attached hydrogens (tertiary/aromatic N) is 2. The number of ether oxygens (including phenoxy) is 1. The number of hydrogen-bond acceptors (Lipinski definition) is 4. The van der Waals surface area contributed by atoms with Crippen LogP contribution in [-0.2, 0) is 16.9 Å². The van der Waals surface area contributed by atoms with E-state index in [-0.39, 0.29) is 5.60 Å². The fraction of sp³-hybridized carbons (Fsp3) is 0.600. The van der Waals surface area contributed by atoms with Crippen molar-refractivity contribution < 1.29 is 4.74 Å². The van der Waals surface area contributed by atoms with Gasteiger partial charge in [-0.1, -0.05) is 0 Å². The summed E-state index contributed by atoms with van der Waals surface area (Å²) >= 11 is 0. The van der Waals surface area contributed by atoms with Crippen molar-refractivity contribution in [1.82, 2.24) is 15.3 Å². The molecule has 4 heteroatoms. The lowest BCUT2D eigenvalue weighted by Gasteiger charge is -2.32. The van der Waals surface area contributed by atoms with Gasteiger partial charge in [-0.05, 0) is 19.4 Å². The first-order valence-electron chi connectivity index (χ1n) is 5.05. The van der Waals surface area contributed by atoms with Crippen molar-refractivity contribution in [3.05, 3.63) is 23.8 Å². The lowest BCUT2D eigenvalue weighted by molar-refractivity contribution is -0.0557. The van der Waals surface area contributed by atoms with Crippen LogP contribution >= 0.6 is 0 Å². The summed E-state index contributed by atoms with van der Waals surface area (Å²) in [5.74, 6) is 0. The maximum atomic E-state index is 5.89. The van der Waals surface area contributed by atoms with Gasteiger partial charge in [0.1, 0.15) is 11.9 Å². The standard InChI is InChI=1S/C10H13N3O/c1-2-10(6-11-3-1)9-8(5-14-10)4-12-7-13-9/h4,7,11H,1-3,5-6H2. The molecule has 0 amide bonds. The van der Waals surface area contributed by atoms with Gasteiger partial charge in [-0.2, -0.15) is 0 Å². The smallest absolute Gasteiger partial charge is 0.123 e. The molecule has 2 aliphatic rings. The van der Waals surface area contributed by atoms with Crippen LogP contribution in [0.1, 0.15) is 24.1 Å². The van der Waals surface area contributed by atoms with Crippen molar-refractivity contribution in [3.63, 3.8) is 0 Å². The molecule has 0 radical (unpaired) electrons. The van der Waals surface area contributed by atoms with Crippen molar-refractivity contribution in [1.29, 1.82) is 0 Å². The van der Waals surface area contributed by atoms with Gasteiger partial charge in [0, 0.05) is 18.3 Å². The minimum absolute atomic E-state index is 0.156. The minimum Gasteiger partial charge on any atom is -0.363 e. The molecular formula is C10H13N3O. The second kappa shape index (κ2) is 3.00. The first-order chi connectivity index (χ1) is 6.91. The lowest BCUT2D eigenvalue weighted by Crippen LogP contribution is -2.43. The molecule has 0 saturated carbocycles. The predicted molar refractivity (Wildman–Crippen MR) is 50.6 cm³/mol. The van der Waals surface area contributed by atoms with E-state index in [1.807, 2.05) is 6.20 Å². The highest BCUT2D eigenvalue weighted by molar-refractivity contribution is 5.27. The highest BCUT2D eigenvalue weighted by Crippen LogP contribution is 2.38. The Kier molecular flexibility index (Phi) is 1.78. The summed E-state index contributed by atoms with van der Waals surface area (Å²) in [5.41, 5.74) is 2.09. The zero-order valence-electron chi connectivity index (χ0n) is 7.99. The highest BCUT2D eigenvalue weighted by atomic mass is 16.5. The summed E-state index contributed by atoms with van der Waals surface area (Å²) in [4.78, 5) is 8.38. The van der Waals surface area contributed by atoms with Crippen molar-refractivity contribution in [2.24, 2.45) is 0 Å². The molecule has 1 spiro atoms. The van der Waals surface area contributed by atoms with E-state index < -0.39 is 0 Å². The van der Waals surface area contributed by atoms with E-state index in [2.05, 4.69) is 15.3 Å². The highest BCUT2D eigenvalue weighted by Gasteiger charge is 2.42. The molecule has 74 valence electrons. The maximum Gasteiger partial charge on any atom is 0.123 e. The topological polar surface area (TPSA) is 47.0 Å². The molecule has 1 saturated heterocycles. The van der Waals surface area contributed by atoms with Crippen molar-refractivity contribution in [2.75, 3.05) is 13.1 Å². The van der Waals surface area contributed by atoms with Crippen LogP contribution in [0.5, 0.6) is 0 Å². The Morgan fingerprint density at radius 1 is 1.50 bits per heavy atom. The Balaban J connectivity index is 2.03. The summed E-state index contributed by atoms with van der Waals surface area (Å²) in [6, 6.07) is 0. The monoisotopic (exact) mass is 191 g/mol. The van der Waals surface area contributed by atoms with Gasteiger partial charge in [0.25, 0.3) is 0 Å². The van der Waals surface area contributed by atoms with Crippen LogP contribution < -0.4 is 5.32 Å². The third-order valence-electron chi connectivity index (χ3n) is 3.07. The number of aromatic nitrogens is 2. The Hall–Kier alpha value is -1.00. The summed E-state index contributed by atoms with van der Waals surface area (Å²) in [7, 11) is 0. The van der Waals surface area contributed by atoms with Gasteiger partial charge < -0.3 is 10.1 Å².